The van der Waals surface area contributed by atoms with Crippen molar-refractivity contribution in [3.8, 4) is 17.1 Å². The third-order valence-corrected chi connectivity index (χ3v) is 5.70. The summed E-state index contributed by atoms with van der Waals surface area (Å²) < 4.78 is 5.51. The molecular weight excluding hydrogens is 390 g/mol. The van der Waals surface area contributed by atoms with Crippen LogP contribution in [-0.4, -0.2) is 53.0 Å². The first-order valence-electron chi connectivity index (χ1n) is 10.5. The second-order valence-electron chi connectivity index (χ2n) is 7.74. The van der Waals surface area contributed by atoms with Crippen LogP contribution in [0.3, 0.4) is 0 Å². The standard InChI is InChI=1S/C24H27N5O2/c1-16-7-4-10-19(22(16)31-3)24(30)29-12-6-9-18(15-29)20-13-21(25-2)28-23(27-20)17-8-5-11-26-14-17/h4-5,7-8,10-11,13-14,18H,6,9,12,15H2,1-3H3,(H,25,27,28). The lowest BCUT2D eigenvalue weighted by molar-refractivity contribution is 0.0702. The Hall–Kier alpha value is -3.48. The average molecular weight is 418 g/mol. The van der Waals surface area contributed by atoms with E-state index >= 15 is 0 Å². The number of carbonyl (C=O) groups excluding carboxylic acids is 1. The SMILES string of the molecule is CNc1cc(C2CCCN(C(=O)c3cccc(C)c3OC)C2)nc(-c2cccnc2)n1. The van der Waals surface area contributed by atoms with Gasteiger partial charge in [-0.05, 0) is 43.5 Å². The zero-order valence-corrected chi connectivity index (χ0v) is 18.1. The lowest BCUT2D eigenvalue weighted by Gasteiger charge is -2.33. The highest BCUT2D eigenvalue weighted by Crippen LogP contribution is 2.31. The normalized spacial score (nSPS) is 16.1. The zero-order chi connectivity index (χ0) is 21.8. The van der Waals surface area contributed by atoms with Gasteiger partial charge in [-0.25, -0.2) is 9.97 Å². The number of anilines is 1. The molecule has 1 amide bonds. The highest BCUT2D eigenvalue weighted by Gasteiger charge is 2.28. The molecule has 1 N–H and O–H groups in total. The molecule has 3 heterocycles. The molecule has 0 spiro atoms. The molecule has 1 atom stereocenters. The number of nitrogens with one attached hydrogen (secondary N) is 1. The molecule has 4 rings (SSSR count). The van der Waals surface area contributed by atoms with Crippen LogP contribution in [0.1, 0.15) is 40.4 Å². The average Bonchev–Trinajstić information content (AvgIpc) is 2.83. The Morgan fingerprint density at radius 3 is 2.84 bits per heavy atom. The van der Waals surface area contributed by atoms with Crippen LogP contribution in [0.15, 0.2) is 48.8 Å². The van der Waals surface area contributed by atoms with Crippen molar-refractivity contribution >= 4 is 11.7 Å². The number of piperidine rings is 1. The van der Waals surface area contributed by atoms with E-state index in [1.807, 2.05) is 55.3 Å². The van der Waals surface area contributed by atoms with E-state index in [1.165, 1.54) is 0 Å². The summed E-state index contributed by atoms with van der Waals surface area (Å²) in [4.78, 5) is 28.8. The number of hydrogen-bond acceptors (Lipinski definition) is 6. The van der Waals surface area contributed by atoms with Crippen LogP contribution in [0.5, 0.6) is 5.75 Å². The predicted octanol–water partition coefficient (Wildman–Crippen LogP) is 3.92. The number of likely N-dealkylation sites (tertiary alicyclic amines) is 1. The Balaban J connectivity index is 1.62. The molecule has 1 saturated heterocycles. The maximum atomic E-state index is 13.3. The highest BCUT2D eigenvalue weighted by molar-refractivity contribution is 5.97. The molecular formula is C24H27N5O2. The summed E-state index contributed by atoms with van der Waals surface area (Å²) in [7, 11) is 3.46. The number of benzene rings is 1. The minimum atomic E-state index is 0.000582. The summed E-state index contributed by atoms with van der Waals surface area (Å²) in [5, 5.41) is 3.13. The molecule has 0 aliphatic carbocycles. The van der Waals surface area contributed by atoms with Crippen molar-refractivity contribution in [2.24, 2.45) is 0 Å². The molecule has 0 saturated carbocycles. The molecule has 2 aromatic heterocycles. The van der Waals surface area contributed by atoms with E-state index in [-0.39, 0.29) is 11.8 Å². The van der Waals surface area contributed by atoms with Crippen LogP contribution in [0, 0.1) is 6.92 Å². The summed E-state index contributed by atoms with van der Waals surface area (Å²) in [5.41, 5.74) is 3.37. The number of aromatic nitrogens is 3. The number of aryl methyl sites for hydroxylation is 1. The number of pyridine rings is 1. The third kappa shape index (κ3) is 4.35. The molecule has 0 bridgehead atoms. The summed E-state index contributed by atoms with van der Waals surface area (Å²) >= 11 is 0. The van der Waals surface area contributed by atoms with Gasteiger partial charge in [0.1, 0.15) is 11.6 Å². The van der Waals surface area contributed by atoms with Crippen molar-refractivity contribution in [3.05, 3.63) is 65.6 Å². The molecule has 7 heteroatoms. The molecule has 1 fully saturated rings. The van der Waals surface area contributed by atoms with E-state index in [4.69, 9.17) is 9.72 Å². The minimum absolute atomic E-state index is 0.000582. The highest BCUT2D eigenvalue weighted by atomic mass is 16.5. The predicted molar refractivity (Wildman–Crippen MR) is 120 cm³/mol. The van der Waals surface area contributed by atoms with Gasteiger partial charge in [-0.2, -0.15) is 0 Å². The fraction of sp³-hybridized carbons (Fsp3) is 0.333. The number of carbonyl (C=O) groups is 1. The molecule has 1 aliphatic heterocycles. The number of amides is 1. The van der Waals surface area contributed by atoms with Crippen LogP contribution >= 0.6 is 0 Å². The van der Waals surface area contributed by atoms with E-state index in [0.29, 0.717) is 23.7 Å². The third-order valence-electron chi connectivity index (χ3n) is 5.70. The molecule has 160 valence electrons. The summed E-state index contributed by atoms with van der Waals surface area (Å²) in [6.07, 6.45) is 5.39. The van der Waals surface area contributed by atoms with Gasteiger partial charge in [0, 0.05) is 50.1 Å². The van der Waals surface area contributed by atoms with E-state index in [9.17, 15) is 4.79 Å². The van der Waals surface area contributed by atoms with Crippen LogP contribution in [0.25, 0.3) is 11.4 Å². The van der Waals surface area contributed by atoms with Crippen molar-refractivity contribution < 1.29 is 9.53 Å². The van der Waals surface area contributed by atoms with E-state index in [1.54, 1.807) is 19.5 Å². The lowest BCUT2D eigenvalue weighted by Crippen LogP contribution is -2.39. The maximum absolute atomic E-state index is 13.3. The van der Waals surface area contributed by atoms with Gasteiger partial charge in [-0.3, -0.25) is 9.78 Å². The van der Waals surface area contributed by atoms with E-state index in [2.05, 4.69) is 15.3 Å². The number of rotatable bonds is 5. The molecule has 0 radical (unpaired) electrons. The van der Waals surface area contributed by atoms with E-state index in [0.717, 1.165) is 42.0 Å². The molecule has 31 heavy (non-hydrogen) atoms. The maximum Gasteiger partial charge on any atom is 0.257 e. The minimum Gasteiger partial charge on any atom is -0.496 e. The van der Waals surface area contributed by atoms with Crippen LogP contribution < -0.4 is 10.1 Å². The van der Waals surface area contributed by atoms with Crippen molar-refractivity contribution in [1.29, 1.82) is 0 Å². The molecule has 7 nitrogen and oxygen atoms in total. The Morgan fingerprint density at radius 1 is 1.23 bits per heavy atom. The Morgan fingerprint density at radius 2 is 2.10 bits per heavy atom. The van der Waals surface area contributed by atoms with Crippen LogP contribution in [0.4, 0.5) is 5.82 Å². The monoisotopic (exact) mass is 417 g/mol. The van der Waals surface area contributed by atoms with Crippen LogP contribution in [-0.2, 0) is 0 Å². The van der Waals surface area contributed by atoms with Gasteiger partial charge in [-0.1, -0.05) is 12.1 Å². The molecule has 1 unspecified atom stereocenters. The van der Waals surface area contributed by atoms with Crippen molar-refractivity contribution in [3.63, 3.8) is 0 Å². The van der Waals surface area contributed by atoms with Crippen molar-refractivity contribution in [1.82, 2.24) is 19.9 Å². The zero-order valence-electron chi connectivity index (χ0n) is 18.1. The van der Waals surface area contributed by atoms with Gasteiger partial charge < -0.3 is 15.0 Å². The Kier molecular flexibility index (Phi) is 6.11. The summed E-state index contributed by atoms with van der Waals surface area (Å²) in [5.74, 6) is 2.18. The number of ether oxygens (including phenoxy) is 1. The van der Waals surface area contributed by atoms with Crippen LogP contribution in [0.2, 0.25) is 0 Å². The van der Waals surface area contributed by atoms with Crippen molar-refractivity contribution in [2.45, 2.75) is 25.7 Å². The first-order valence-corrected chi connectivity index (χ1v) is 10.5. The number of para-hydroxylation sites is 1. The molecule has 1 aromatic carbocycles. The van der Waals surface area contributed by atoms with Gasteiger partial charge in [0.2, 0.25) is 0 Å². The first-order chi connectivity index (χ1) is 15.1. The second kappa shape index (κ2) is 9.12. The summed E-state index contributed by atoms with van der Waals surface area (Å²) in [6.45, 7) is 3.29. The lowest BCUT2D eigenvalue weighted by atomic mass is 9.93. The quantitative estimate of drug-likeness (QED) is 0.678. The number of methoxy groups -OCH3 is 1. The fourth-order valence-electron chi connectivity index (χ4n) is 4.09. The smallest absolute Gasteiger partial charge is 0.257 e. The fourth-order valence-corrected chi connectivity index (χ4v) is 4.09. The number of nitrogens with zero attached hydrogens (tertiary/aromatic N) is 4. The topological polar surface area (TPSA) is 80.2 Å². The van der Waals surface area contributed by atoms with Gasteiger partial charge in [0.25, 0.3) is 5.91 Å². The van der Waals surface area contributed by atoms with Gasteiger partial charge >= 0.3 is 0 Å². The first kappa shape index (κ1) is 20.8. The molecule has 3 aromatic rings. The second-order valence-corrected chi connectivity index (χ2v) is 7.74. The summed E-state index contributed by atoms with van der Waals surface area (Å²) in [6, 6.07) is 11.5. The van der Waals surface area contributed by atoms with E-state index < -0.39 is 0 Å². The molecule has 1 aliphatic rings. The largest absolute Gasteiger partial charge is 0.496 e. The van der Waals surface area contributed by atoms with Gasteiger partial charge in [0.15, 0.2) is 5.82 Å². The van der Waals surface area contributed by atoms with Gasteiger partial charge in [0.05, 0.1) is 18.4 Å². The Bertz CT molecular complexity index is 1070. The Labute approximate surface area is 182 Å². The van der Waals surface area contributed by atoms with Crippen molar-refractivity contribution in [2.75, 3.05) is 32.6 Å². The van der Waals surface area contributed by atoms with Gasteiger partial charge in [-0.15, -0.1) is 0 Å². The number of hydrogen-bond donors (Lipinski definition) is 1.